The summed E-state index contributed by atoms with van der Waals surface area (Å²) in [6, 6.07) is 6.74. The van der Waals surface area contributed by atoms with E-state index in [1.807, 2.05) is 19.1 Å². The van der Waals surface area contributed by atoms with Crippen molar-refractivity contribution in [3.63, 3.8) is 0 Å². The molecule has 2 amide bonds. The van der Waals surface area contributed by atoms with E-state index in [-0.39, 0.29) is 17.8 Å². The van der Waals surface area contributed by atoms with Crippen LogP contribution in [0.3, 0.4) is 0 Å². The minimum atomic E-state index is -1.05. The molecule has 3 rings (SSSR count). The third-order valence-corrected chi connectivity index (χ3v) is 4.59. The lowest BCUT2D eigenvalue weighted by molar-refractivity contribution is 0.0995. The van der Waals surface area contributed by atoms with Crippen molar-refractivity contribution in [1.82, 2.24) is 20.5 Å². The van der Waals surface area contributed by atoms with Gasteiger partial charge in [0.05, 0.1) is 11.7 Å². The van der Waals surface area contributed by atoms with E-state index in [1.54, 1.807) is 12.1 Å². The van der Waals surface area contributed by atoms with Crippen LogP contribution in [0, 0.1) is 6.92 Å². The second-order valence-electron chi connectivity index (χ2n) is 6.74. The third kappa shape index (κ3) is 4.84. The average Bonchev–Trinajstić information content (AvgIpc) is 2.63. The highest BCUT2D eigenvalue weighted by molar-refractivity contribution is 5.97. The van der Waals surface area contributed by atoms with Crippen LogP contribution in [0.1, 0.15) is 41.9 Å². The van der Waals surface area contributed by atoms with Crippen molar-refractivity contribution in [3.05, 3.63) is 35.7 Å². The number of rotatable bonds is 6. The number of hydrogen-bond donors (Lipinski definition) is 5. The first-order valence-corrected chi connectivity index (χ1v) is 9.06. The number of nitrogens with zero attached hydrogens (tertiary/aromatic N) is 3. The van der Waals surface area contributed by atoms with E-state index >= 15 is 0 Å². The molecule has 1 saturated carbocycles. The zero-order valence-electron chi connectivity index (χ0n) is 15.5. The Kier molecular flexibility index (Phi) is 5.87. The van der Waals surface area contributed by atoms with Crippen molar-refractivity contribution in [1.29, 1.82) is 0 Å². The number of anilines is 3. The van der Waals surface area contributed by atoms with Gasteiger partial charge in [0.25, 0.3) is 5.91 Å². The predicted molar refractivity (Wildman–Crippen MR) is 104 cm³/mol. The van der Waals surface area contributed by atoms with Crippen molar-refractivity contribution in [2.75, 3.05) is 10.6 Å². The Morgan fingerprint density at radius 2 is 1.89 bits per heavy atom. The van der Waals surface area contributed by atoms with Crippen LogP contribution >= 0.6 is 0 Å². The maximum Gasteiger partial charge on any atom is 0.404 e. The number of carbonyl (C=O) groups is 2. The SMILES string of the molecule is Cc1cccc(Nc2cc(N[C@@H]3CCCC[C@@H]3NC(=O)O)nnc2C(N)=O)n1. The maximum absolute atomic E-state index is 11.7. The molecule has 10 heteroatoms. The van der Waals surface area contributed by atoms with E-state index in [9.17, 15) is 9.59 Å². The van der Waals surface area contributed by atoms with Crippen molar-refractivity contribution in [3.8, 4) is 0 Å². The Morgan fingerprint density at radius 3 is 2.57 bits per heavy atom. The van der Waals surface area contributed by atoms with E-state index in [2.05, 4.69) is 31.1 Å². The average molecular weight is 385 g/mol. The quantitative estimate of drug-likeness (QED) is 0.506. The molecule has 1 fully saturated rings. The van der Waals surface area contributed by atoms with E-state index in [0.29, 0.717) is 17.3 Å². The standard InChI is InChI=1S/C18H23N7O3/c1-10-5-4-8-14(20-10)22-13-9-15(24-25-16(13)17(19)26)21-11-6-2-3-7-12(11)23-18(27)28/h4-5,8-9,11-12,23H,2-3,6-7H2,1H3,(H2,19,26)(H,27,28)(H2,20,21,22,24)/t11-,12+/m1/s1. The van der Waals surface area contributed by atoms with Crippen molar-refractivity contribution in [2.24, 2.45) is 5.73 Å². The van der Waals surface area contributed by atoms with Crippen LogP contribution in [0.5, 0.6) is 0 Å². The zero-order valence-corrected chi connectivity index (χ0v) is 15.5. The Bertz CT molecular complexity index is 874. The fraction of sp³-hybridized carbons (Fsp3) is 0.389. The van der Waals surface area contributed by atoms with Crippen LogP contribution in [0.15, 0.2) is 24.3 Å². The minimum Gasteiger partial charge on any atom is -0.465 e. The summed E-state index contributed by atoms with van der Waals surface area (Å²) in [4.78, 5) is 27.1. The highest BCUT2D eigenvalue weighted by Gasteiger charge is 2.27. The molecule has 148 valence electrons. The predicted octanol–water partition coefficient (Wildman–Crippen LogP) is 2.01. The van der Waals surface area contributed by atoms with Crippen LogP contribution < -0.4 is 21.7 Å². The number of primary amides is 1. The highest BCUT2D eigenvalue weighted by Crippen LogP contribution is 2.25. The topological polar surface area (TPSA) is 155 Å². The molecule has 1 aliphatic carbocycles. The van der Waals surface area contributed by atoms with E-state index in [0.717, 1.165) is 31.4 Å². The number of hydrogen-bond acceptors (Lipinski definition) is 7. The van der Waals surface area contributed by atoms with Gasteiger partial charge in [0.1, 0.15) is 5.82 Å². The molecule has 0 aliphatic heterocycles. The number of aryl methyl sites for hydroxylation is 1. The molecule has 0 unspecified atom stereocenters. The van der Waals surface area contributed by atoms with Gasteiger partial charge in [-0.15, -0.1) is 10.2 Å². The van der Waals surface area contributed by atoms with E-state index < -0.39 is 12.0 Å². The summed E-state index contributed by atoms with van der Waals surface area (Å²) >= 11 is 0. The van der Waals surface area contributed by atoms with Crippen LogP contribution in [-0.2, 0) is 0 Å². The lowest BCUT2D eigenvalue weighted by Gasteiger charge is -2.32. The van der Waals surface area contributed by atoms with Gasteiger partial charge in [0.15, 0.2) is 11.5 Å². The molecule has 2 aromatic heterocycles. The monoisotopic (exact) mass is 385 g/mol. The molecular formula is C18H23N7O3. The number of nitrogens with two attached hydrogens (primary N) is 1. The number of pyridine rings is 1. The number of carboxylic acid groups (broad SMARTS) is 1. The van der Waals surface area contributed by atoms with Gasteiger partial charge in [-0.25, -0.2) is 9.78 Å². The molecule has 0 radical (unpaired) electrons. The number of aromatic nitrogens is 3. The van der Waals surface area contributed by atoms with Crippen LogP contribution in [0.2, 0.25) is 0 Å². The third-order valence-electron chi connectivity index (χ3n) is 4.59. The van der Waals surface area contributed by atoms with Crippen LogP contribution in [0.25, 0.3) is 0 Å². The fourth-order valence-electron chi connectivity index (χ4n) is 3.32. The fourth-order valence-corrected chi connectivity index (χ4v) is 3.32. The molecule has 0 bridgehead atoms. The summed E-state index contributed by atoms with van der Waals surface area (Å²) in [5.41, 5.74) is 6.60. The van der Waals surface area contributed by atoms with E-state index in [1.165, 1.54) is 0 Å². The Balaban J connectivity index is 1.83. The molecule has 1 aliphatic rings. The normalized spacial score (nSPS) is 18.9. The maximum atomic E-state index is 11.7. The molecule has 28 heavy (non-hydrogen) atoms. The second-order valence-corrected chi connectivity index (χ2v) is 6.74. The van der Waals surface area contributed by atoms with Gasteiger partial charge in [-0.1, -0.05) is 18.9 Å². The first-order chi connectivity index (χ1) is 13.4. The number of amides is 2. The van der Waals surface area contributed by atoms with Crippen molar-refractivity contribution in [2.45, 2.75) is 44.7 Å². The summed E-state index contributed by atoms with van der Waals surface area (Å²) in [6.07, 6.45) is 2.44. The first kappa shape index (κ1) is 19.3. The molecule has 0 spiro atoms. The minimum absolute atomic E-state index is 0.00212. The van der Waals surface area contributed by atoms with Crippen molar-refractivity contribution < 1.29 is 14.7 Å². The smallest absolute Gasteiger partial charge is 0.404 e. The Morgan fingerprint density at radius 1 is 1.14 bits per heavy atom. The summed E-state index contributed by atoms with van der Waals surface area (Å²) in [7, 11) is 0. The van der Waals surface area contributed by atoms with Gasteiger partial charge in [-0.3, -0.25) is 4.79 Å². The molecule has 2 atom stereocenters. The Hall–Kier alpha value is -3.43. The second kappa shape index (κ2) is 8.51. The Labute approximate surface area is 162 Å². The molecule has 2 heterocycles. The summed E-state index contributed by atoms with van der Waals surface area (Å²) in [5.74, 6) is 0.256. The van der Waals surface area contributed by atoms with Crippen LogP contribution in [-0.4, -0.2) is 44.4 Å². The molecule has 6 N–H and O–H groups in total. The summed E-state index contributed by atoms with van der Waals surface area (Å²) < 4.78 is 0. The van der Waals surface area contributed by atoms with Gasteiger partial charge in [-0.05, 0) is 31.9 Å². The van der Waals surface area contributed by atoms with Gasteiger partial charge in [0, 0.05) is 17.8 Å². The zero-order chi connectivity index (χ0) is 20.1. The molecule has 0 aromatic carbocycles. The van der Waals surface area contributed by atoms with Crippen molar-refractivity contribution >= 4 is 29.3 Å². The number of nitrogens with one attached hydrogen (secondary N) is 3. The van der Waals surface area contributed by atoms with Gasteiger partial charge in [0.2, 0.25) is 0 Å². The largest absolute Gasteiger partial charge is 0.465 e. The van der Waals surface area contributed by atoms with Crippen LogP contribution in [0.4, 0.5) is 22.1 Å². The van der Waals surface area contributed by atoms with E-state index in [4.69, 9.17) is 10.8 Å². The van der Waals surface area contributed by atoms with Gasteiger partial charge >= 0.3 is 6.09 Å². The number of carbonyl (C=O) groups excluding carboxylic acids is 1. The first-order valence-electron chi connectivity index (χ1n) is 9.06. The molecule has 0 saturated heterocycles. The summed E-state index contributed by atoms with van der Waals surface area (Å²) in [5, 5.41) is 25.8. The lowest BCUT2D eigenvalue weighted by atomic mass is 9.90. The molecule has 2 aromatic rings. The van der Waals surface area contributed by atoms with Gasteiger partial charge < -0.3 is 26.8 Å². The van der Waals surface area contributed by atoms with Gasteiger partial charge in [-0.2, -0.15) is 0 Å². The molecular weight excluding hydrogens is 362 g/mol. The molecule has 10 nitrogen and oxygen atoms in total. The highest BCUT2D eigenvalue weighted by atomic mass is 16.4. The summed E-state index contributed by atoms with van der Waals surface area (Å²) in [6.45, 7) is 1.86. The lowest BCUT2D eigenvalue weighted by Crippen LogP contribution is -2.48.